The molecule has 5 heteroatoms. The van der Waals surface area contributed by atoms with Crippen LogP contribution in [0.4, 0.5) is 5.69 Å². The number of aryl methyl sites for hydroxylation is 1. The number of rotatable bonds is 1. The van der Waals surface area contributed by atoms with E-state index in [0.717, 1.165) is 17.7 Å². The quantitative estimate of drug-likeness (QED) is 0.352. The standard InChI is InChI=1S/C8H10ClN.H4N2.H2O/c1-2-6-3-4-7(9)5-8(6)10;1-2;/h3-5H,2,10H2,1H3;1-2H2;1H2. The van der Waals surface area contributed by atoms with Gasteiger partial charge in [-0.15, -0.1) is 0 Å². The third-order valence-corrected chi connectivity index (χ3v) is 1.72. The number of hydrogen-bond acceptors (Lipinski definition) is 3. The number of anilines is 1. The van der Waals surface area contributed by atoms with Crippen molar-refractivity contribution in [1.82, 2.24) is 0 Å². The lowest BCUT2D eigenvalue weighted by Crippen LogP contribution is -2.02. The molecule has 0 aliphatic carbocycles. The molecule has 0 aromatic heterocycles. The maximum Gasteiger partial charge on any atom is 0.0426 e. The number of halogens is 1. The Bertz CT molecular complexity index is 243. The Morgan fingerprint density at radius 1 is 1.31 bits per heavy atom. The van der Waals surface area contributed by atoms with E-state index in [2.05, 4.69) is 18.6 Å². The Morgan fingerprint density at radius 2 is 1.85 bits per heavy atom. The highest BCUT2D eigenvalue weighted by atomic mass is 35.5. The van der Waals surface area contributed by atoms with E-state index in [1.165, 1.54) is 0 Å². The monoisotopic (exact) mass is 205 g/mol. The molecule has 0 fully saturated rings. The second kappa shape index (κ2) is 7.82. The topological polar surface area (TPSA) is 110 Å². The first-order valence-corrected chi connectivity index (χ1v) is 3.99. The lowest BCUT2D eigenvalue weighted by atomic mass is 10.1. The van der Waals surface area contributed by atoms with Crippen LogP contribution < -0.4 is 17.4 Å². The van der Waals surface area contributed by atoms with Gasteiger partial charge in [0.1, 0.15) is 0 Å². The van der Waals surface area contributed by atoms with Crippen LogP contribution in [0.1, 0.15) is 12.5 Å². The Labute approximate surface area is 82.9 Å². The van der Waals surface area contributed by atoms with Crippen LogP contribution in [0.5, 0.6) is 0 Å². The van der Waals surface area contributed by atoms with E-state index in [1.54, 1.807) is 6.07 Å². The van der Waals surface area contributed by atoms with E-state index in [4.69, 9.17) is 17.3 Å². The second-order valence-electron chi connectivity index (χ2n) is 2.20. The molecule has 0 saturated heterocycles. The fourth-order valence-corrected chi connectivity index (χ4v) is 1.07. The molecule has 0 radical (unpaired) electrons. The molecular formula is C8H16ClN3O. The van der Waals surface area contributed by atoms with Gasteiger partial charge >= 0.3 is 0 Å². The highest BCUT2D eigenvalue weighted by Crippen LogP contribution is 2.17. The third kappa shape index (κ3) is 4.69. The summed E-state index contributed by atoms with van der Waals surface area (Å²) in [4.78, 5) is 0. The van der Waals surface area contributed by atoms with Gasteiger partial charge in [-0.3, -0.25) is 11.7 Å². The fourth-order valence-electron chi connectivity index (χ4n) is 0.888. The molecule has 0 saturated carbocycles. The van der Waals surface area contributed by atoms with Crippen molar-refractivity contribution in [2.75, 3.05) is 5.73 Å². The average molecular weight is 206 g/mol. The summed E-state index contributed by atoms with van der Waals surface area (Å²) < 4.78 is 0. The molecule has 0 unspecified atom stereocenters. The average Bonchev–Trinajstić information content (AvgIpc) is 2.08. The molecule has 8 N–H and O–H groups in total. The van der Waals surface area contributed by atoms with Crippen molar-refractivity contribution in [3.8, 4) is 0 Å². The molecule has 1 aromatic carbocycles. The van der Waals surface area contributed by atoms with Crippen LogP contribution in [-0.4, -0.2) is 5.48 Å². The first kappa shape index (κ1) is 14.7. The van der Waals surface area contributed by atoms with Gasteiger partial charge in [-0.25, -0.2) is 0 Å². The number of nitrogens with two attached hydrogens (primary N) is 3. The number of hydrazine groups is 1. The fraction of sp³-hybridized carbons (Fsp3) is 0.250. The van der Waals surface area contributed by atoms with Gasteiger partial charge in [-0.05, 0) is 24.1 Å². The van der Waals surface area contributed by atoms with Crippen molar-refractivity contribution < 1.29 is 5.48 Å². The number of hydrogen-bond donors (Lipinski definition) is 3. The van der Waals surface area contributed by atoms with E-state index in [1.807, 2.05) is 12.1 Å². The SMILES string of the molecule is CCc1ccc(Cl)cc1N.NN.O. The lowest BCUT2D eigenvalue weighted by molar-refractivity contribution is 0.824. The summed E-state index contributed by atoms with van der Waals surface area (Å²) in [5, 5.41) is 0.703. The van der Waals surface area contributed by atoms with Gasteiger partial charge in [-0.1, -0.05) is 24.6 Å². The van der Waals surface area contributed by atoms with Crippen molar-refractivity contribution >= 4 is 17.3 Å². The molecule has 1 aromatic rings. The molecule has 4 nitrogen and oxygen atoms in total. The summed E-state index contributed by atoms with van der Waals surface area (Å²) in [6, 6.07) is 5.59. The summed E-state index contributed by atoms with van der Waals surface area (Å²) in [5.74, 6) is 8.00. The first-order chi connectivity index (χ1) is 5.74. The van der Waals surface area contributed by atoms with E-state index in [9.17, 15) is 0 Å². The van der Waals surface area contributed by atoms with Gasteiger partial charge in [0.15, 0.2) is 0 Å². The lowest BCUT2D eigenvalue weighted by Gasteiger charge is -2.00. The van der Waals surface area contributed by atoms with Crippen molar-refractivity contribution in [1.29, 1.82) is 0 Å². The number of nitrogen functional groups attached to an aromatic ring is 1. The van der Waals surface area contributed by atoms with Gasteiger partial charge in [-0.2, -0.15) is 0 Å². The van der Waals surface area contributed by atoms with Crippen LogP contribution in [0, 0.1) is 0 Å². The zero-order valence-electron chi connectivity index (χ0n) is 7.55. The highest BCUT2D eigenvalue weighted by molar-refractivity contribution is 6.30. The Morgan fingerprint density at radius 3 is 2.23 bits per heavy atom. The van der Waals surface area contributed by atoms with E-state index in [-0.39, 0.29) is 5.48 Å². The van der Waals surface area contributed by atoms with Crippen molar-refractivity contribution in [2.24, 2.45) is 11.7 Å². The van der Waals surface area contributed by atoms with Crippen LogP contribution in [0.2, 0.25) is 5.02 Å². The van der Waals surface area contributed by atoms with E-state index >= 15 is 0 Å². The van der Waals surface area contributed by atoms with Crippen LogP contribution in [0.25, 0.3) is 0 Å². The van der Waals surface area contributed by atoms with Crippen LogP contribution in [0.15, 0.2) is 18.2 Å². The summed E-state index contributed by atoms with van der Waals surface area (Å²) in [6.45, 7) is 2.07. The molecule has 0 atom stereocenters. The highest BCUT2D eigenvalue weighted by Gasteiger charge is 1.95. The predicted octanol–water partition coefficient (Wildman–Crippen LogP) is 0.479. The molecule has 0 aliphatic rings. The van der Waals surface area contributed by atoms with Crippen LogP contribution in [-0.2, 0) is 6.42 Å². The Hall–Kier alpha value is -0.810. The summed E-state index contributed by atoms with van der Waals surface area (Å²) in [6.07, 6.45) is 0.961. The predicted molar refractivity (Wildman–Crippen MR) is 57.2 cm³/mol. The molecule has 1 rings (SSSR count). The normalized spacial score (nSPS) is 8.00. The van der Waals surface area contributed by atoms with Gasteiger partial charge in [0.25, 0.3) is 0 Å². The van der Waals surface area contributed by atoms with Crippen molar-refractivity contribution in [2.45, 2.75) is 13.3 Å². The molecule has 0 aliphatic heterocycles. The van der Waals surface area contributed by atoms with Gasteiger partial charge in [0.2, 0.25) is 0 Å². The molecule has 13 heavy (non-hydrogen) atoms. The smallest absolute Gasteiger partial charge is 0.0426 e. The van der Waals surface area contributed by atoms with Gasteiger partial charge in [0.05, 0.1) is 0 Å². The van der Waals surface area contributed by atoms with Crippen molar-refractivity contribution in [3.63, 3.8) is 0 Å². The zero-order chi connectivity index (χ0) is 9.56. The second-order valence-corrected chi connectivity index (χ2v) is 2.63. The number of benzene rings is 1. The molecular weight excluding hydrogens is 190 g/mol. The minimum Gasteiger partial charge on any atom is -0.412 e. The third-order valence-electron chi connectivity index (χ3n) is 1.49. The molecule has 0 amide bonds. The maximum atomic E-state index is 5.69. The van der Waals surface area contributed by atoms with Crippen LogP contribution >= 0.6 is 11.6 Å². The Balaban J connectivity index is 0. The van der Waals surface area contributed by atoms with Crippen molar-refractivity contribution in [3.05, 3.63) is 28.8 Å². The van der Waals surface area contributed by atoms with Gasteiger partial charge in [0, 0.05) is 10.7 Å². The molecule has 0 spiro atoms. The molecule has 0 heterocycles. The minimum absolute atomic E-state index is 0. The van der Waals surface area contributed by atoms with E-state index < -0.39 is 0 Å². The minimum atomic E-state index is 0. The summed E-state index contributed by atoms with van der Waals surface area (Å²) >= 11 is 5.69. The maximum absolute atomic E-state index is 5.69. The molecule has 0 bridgehead atoms. The zero-order valence-corrected chi connectivity index (χ0v) is 8.31. The molecule has 76 valence electrons. The van der Waals surface area contributed by atoms with Gasteiger partial charge < -0.3 is 11.2 Å². The Kier molecular flexibility index (Phi) is 8.84. The first-order valence-electron chi connectivity index (χ1n) is 3.61. The van der Waals surface area contributed by atoms with Crippen LogP contribution in [0.3, 0.4) is 0 Å². The van der Waals surface area contributed by atoms with E-state index in [0.29, 0.717) is 5.02 Å². The summed E-state index contributed by atoms with van der Waals surface area (Å²) in [5.41, 5.74) is 7.59. The summed E-state index contributed by atoms with van der Waals surface area (Å²) in [7, 11) is 0. The largest absolute Gasteiger partial charge is 0.412 e.